The lowest BCUT2D eigenvalue weighted by Crippen LogP contribution is -2.47. The van der Waals surface area contributed by atoms with Crippen molar-refractivity contribution in [3.63, 3.8) is 0 Å². The average molecular weight is 457 g/mol. The Balaban J connectivity index is 1.21. The number of carbonyl (C=O) groups excluding carboxylic acids is 1. The Hall–Kier alpha value is -3.38. The number of nitrogens with zero attached hydrogens (tertiary/aromatic N) is 4. The van der Waals surface area contributed by atoms with Crippen LogP contribution >= 0.6 is 0 Å². The van der Waals surface area contributed by atoms with Crippen molar-refractivity contribution in [1.82, 2.24) is 9.88 Å². The van der Waals surface area contributed by atoms with E-state index in [1.54, 1.807) is 18.3 Å². The Kier molecular flexibility index (Phi) is 6.77. The Morgan fingerprint density at radius 2 is 1.50 bits per heavy atom. The highest BCUT2D eigenvalue weighted by atomic mass is 16.5. The molecule has 6 heteroatoms. The van der Waals surface area contributed by atoms with Gasteiger partial charge >= 0.3 is 5.97 Å². The quantitative estimate of drug-likeness (QED) is 0.515. The molecule has 34 heavy (non-hydrogen) atoms. The number of methoxy groups -OCH3 is 1. The molecule has 1 saturated heterocycles. The molecule has 1 fully saturated rings. The largest absolute Gasteiger partial charge is 0.465 e. The molecule has 5 rings (SSSR count). The lowest BCUT2D eigenvalue weighted by molar-refractivity contribution is 0.0601. The fourth-order valence-corrected chi connectivity index (χ4v) is 5.17. The number of aryl methyl sites for hydroxylation is 2. The molecular weight excluding hydrogens is 424 g/mol. The fourth-order valence-electron chi connectivity index (χ4n) is 5.17. The monoisotopic (exact) mass is 456 g/mol. The van der Waals surface area contributed by atoms with Crippen molar-refractivity contribution in [3.8, 4) is 0 Å². The number of para-hydroxylation sites is 2. The van der Waals surface area contributed by atoms with E-state index in [1.165, 1.54) is 29.6 Å². The van der Waals surface area contributed by atoms with Gasteiger partial charge in [-0.05, 0) is 61.2 Å². The molecule has 0 radical (unpaired) electrons. The molecule has 3 heterocycles. The number of hydrogen-bond acceptors (Lipinski definition) is 6. The first-order valence-corrected chi connectivity index (χ1v) is 12.2. The number of esters is 1. The number of ether oxygens (including phenoxy) is 1. The topological polar surface area (TPSA) is 48.9 Å². The molecule has 0 unspecified atom stereocenters. The van der Waals surface area contributed by atoms with Gasteiger partial charge in [0.05, 0.1) is 7.11 Å². The molecule has 2 aliphatic rings. The van der Waals surface area contributed by atoms with E-state index < -0.39 is 0 Å². The first-order chi connectivity index (χ1) is 16.7. The third-order valence-corrected chi connectivity index (χ3v) is 6.95. The summed E-state index contributed by atoms with van der Waals surface area (Å²) < 4.78 is 4.94. The highest BCUT2D eigenvalue weighted by Gasteiger charge is 2.24. The van der Waals surface area contributed by atoms with Crippen molar-refractivity contribution in [1.29, 1.82) is 0 Å². The van der Waals surface area contributed by atoms with E-state index in [1.807, 2.05) is 0 Å². The third kappa shape index (κ3) is 4.64. The van der Waals surface area contributed by atoms with Gasteiger partial charge in [0.15, 0.2) is 0 Å². The van der Waals surface area contributed by atoms with Gasteiger partial charge in [-0.25, -0.2) is 9.78 Å². The van der Waals surface area contributed by atoms with Crippen LogP contribution in [0.4, 0.5) is 17.2 Å². The van der Waals surface area contributed by atoms with Crippen LogP contribution < -0.4 is 9.80 Å². The molecule has 3 aromatic rings. The summed E-state index contributed by atoms with van der Waals surface area (Å²) in [6.45, 7) is 5.70. The normalized spacial score (nSPS) is 15.9. The number of anilines is 3. The summed E-state index contributed by atoms with van der Waals surface area (Å²) in [4.78, 5) is 23.8. The number of piperazine rings is 1. The minimum Gasteiger partial charge on any atom is -0.465 e. The van der Waals surface area contributed by atoms with Gasteiger partial charge in [0, 0.05) is 50.3 Å². The van der Waals surface area contributed by atoms with E-state index in [4.69, 9.17) is 4.74 Å². The molecule has 0 saturated carbocycles. The molecule has 6 nitrogen and oxygen atoms in total. The number of carbonyl (C=O) groups is 1. The van der Waals surface area contributed by atoms with Crippen molar-refractivity contribution < 1.29 is 9.53 Å². The molecule has 0 N–H and O–H groups in total. The highest BCUT2D eigenvalue weighted by Crippen LogP contribution is 2.35. The van der Waals surface area contributed by atoms with Crippen LogP contribution in [0, 0.1) is 0 Å². The molecular formula is C28H32N4O2. The summed E-state index contributed by atoms with van der Waals surface area (Å²) in [6.07, 6.45) is 5.02. The molecule has 0 bridgehead atoms. The van der Waals surface area contributed by atoms with Crippen LogP contribution in [-0.2, 0) is 17.6 Å². The van der Waals surface area contributed by atoms with Crippen LogP contribution in [-0.4, -0.2) is 62.2 Å². The molecule has 0 amide bonds. The molecule has 2 aromatic carbocycles. The van der Waals surface area contributed by atoms with Gasteiger partial charge in [-0.3, -0.25) is 4.90 Å². The number of hydrogen-bond donors (Lipinski definition) is 0. The summed E-state index contributed by atoms with van der Waals surface area (Å²) in [5.74, 6) is 0.398. The maximum Gasteiger partial charge on any atom is 0.341 e. The predicted octanol–water partition coefficient (Wildman–Crippen LogP) is 4.32. The second kappa shape index (κ2) is 10.3. The van der Waals surface area contributed by atoms with E-state index in [2.05, 4.69) is 68.2 Å². The van der Waals surface area contributed by atoms with Crippen LogP contribution in [0.5, 0.6) is 0 Å². The van der Waals surface area contributed by atoms with Gasteiger partial charge in [-0.15, -0.1) is 0 Å². The number of fused-ring (bicyclic) bond motifs is 2. The summed E-state index contributed by atoms with van der Waals surface area (Å²) >= 11 is 0. The van der Waals surface area contributed by atoms with Crippen molar-refractivity contribution in [3.05, 3.63) is 83.6 Å². The van der Waals surface area contributed by atoms with Crippen molar-refractivity contribution >= 4 is 23.2 Å². The van der Waals surface area contributed by atoms with Gasteiger partial charge in [0.25, 0.3) is 0 Å². The van der Waals surface area contributed by atoms with Gasteiger partial charge in [0.2, 0.25) is 0 Å². The first kappa shape index (κ1) is 22.4. The van der Waals surface area contributed by atoms with E-state index in [0.29, 0.717) is 5.56 Å². The zero-order chi connectivity index (χ0) is 23.3. The average Bonchev–Trinajstić information content (AvgIpc) is 3.06. The molecule has 1 aromatic heterocycles. The smallest absolute Gasteiger partial charge is 0.341 e. The zero-order valence-corrected chi connectivity index (χ0v) is 19.8. The molecule has 0 atom stereocenters. The number of aromatic nitrogens is 1. The van der Waals surface area contributed by atoms with E-state index in [0.717, 1.165) is 64.3 Å². The van der Waals surface area contributed by atoms with Crippen molar-refractivity contribution in [2.45, 2.75) is 19.3 Å². The van der Waals surface area contributed by atoms with Crippen LogP contribution in [0.1, 0.15) is 27.9 Å². The number of pyridine rings is 1. The van der Waals surface area contributed by atoms with Gasteiger partial charge in [-0.2, -0.15) is 0 Å². The molecule has 176 valence electrons. The lowest BCUT2D eigenvalue weighted by Gasteiger charge is -2.36. The fraction of sp³-hybridized carbons (Fsp3) is 0.357. The Morgan fingerprint density at radius 1 is 0.853 bits per heavy atom. The minimum atomic E-state index is -0.330. The summed E-state index contributed by atoms with van der Waals surface area (Å²) in [6, 6.07) is 21.3. The van der Waals surface area contributed by atoms with Gasteiger partial charge < -0.3 is 14.5 Å². The molecule has 2 aliphatic heterocycles. The summed E-state index contributed by atoms with van der Waals surface area (Å²) in [5.41, 5.74) is 6.11. The zero-order valence-electron chi connectivity index (χ0n) is 19.8. The Morgan fingerprint density at radius 3 is 2.15 bits per heavy atom. The minimum absolute atomic E-state index is 0.330. The van der Waals surface area contributed by atoms with Crippen LogP contribution in [0.2, 0.25) is 0 Å². The predicted molar refractivity (Wildman–Crippen MR) is 136 cm³/mol. The highest BCUT2D eigenvalue weighted by molar-refractivity contribution is 5.94. The van der Waals surface area contributed by atoms with Crippen LogP contribution in [0.25, 0.3) is 0 Å². The SMILES string of the molecule is COC(=O)c1cccnc1N1CCN(CCCN2c3ccccc3CCc3ccccc32)CC1. The Bertz CT molecular complexity index is 1090. The second-order valence-electron chi connectivity index (χ2n) is 8.96. The van der Waals surface area contributed by atoms with Gasteiger partial charge in [0.1, 0.15) is 11.4 Å². The van der Waals surface area contributed by atoms with Crippen molar-refractivity contribution in [2.24, 2.45) is 0 Å². The van der Waals surface area contributed by atoms with Crippen LogP contribution in [0.3, 0.4) is 0 Å². The second-order valence-corrected chi connectivity index (χ2v) is 8.96. The number of rotatable bonds is 6. The first-order valence-electron chi connectivity index (χ1n) is 12.2. The maximum atomic E-state index is 12.1. The third-order valence-electron chi connectivity index (χ3n) is 6.95. The maximum absolute atomic E-state index is 12.1. The summed E-state index contributed by atoms with van der Waals surface area (Å²) in [5, 5.41) is 0. The van der Waals surface area contributed by atoms with E-state index in [9.17, 15) is 4.79 Å². The molecule has 0 spiro atoms. The van der Waals surface area contributed by atoms with Crippen LogP contribution in [0.15, 0.2) is 66.9 Å². The van der Waals surface area contributed by atoms with E-state index in [-0.39, 0.29) is 5.97 Å². The van der Waals surface area contributed by atoms with Gasteiger partial charge in [-0.1, -0.05) is 36.4 Å². The summed E-state index contributed by atoms with van der Waals surface area (Å²) in [7, 11) is 1.41. The van der Waals surface area contributed by atoms with E-state index >= 15 is 0 Å². The molecule has 0 aliphatic carbocycles. The standard InChI is InChI=1S/C28H32N4O2/c1-34-28(33)24-10-6-15-29-27(24)31-20-18-30(19-21-31)16-7-17-32-25-11-4-2-8-22(25)13-14-23-9-3-5-12-26(23)32/h2-6,8-12,15H,7,13-14,16-21H2,1H3. The number of benzene rings is 2. The van der Waals surface area contributed by atoms with Crippen molar-refractivity contribution in [2.75, 3.05) is 56.2 Å². The lowest BCUT2D eigenvalue weighted by atomic mass is 10.0. The Labute approximate surface area is 201 Å².